The number of piperidine rings is 1. The van der Waals surface area contributed by atoms with Crippen LogP contribution in [0.25, 0.3) is 0 Å². The van der Waals surface area contributed by atoms with Gasteiger partial charge in [0, 0.05) is 29.4 Å². The Morgan fingerprint density at radius 2 is 2.00 bits per heavy atom. The number of hydrogen-bond acceptors (Lipinski definition) is 3. The highest BCUT2D eigenvalue weighted by atomic mass is 35.5. The molecule has 1 amide bonds. The van der Waals surface area contributed by atoms with Crippen molar-refractivity contribution in [1.29, 1.82) is 0 Å². The molecule has 1 aliphatic rings. The molecule has 1 atom stereocenters. The first-order valence-electron chi connectivity index (χ1n) is 8.90. The quantitative estimate of drug-likeness (QED) is 0.794. The zero-order valence-corrected chi connectivity index (χ0v) is 15.6. The van der Waals surface area contributed by atoms with Crippen LogP contribution in [0.5, 0.6) is 0 Å². The van der Waals surface area contributed by atoms with E-state index < -0.39 is 0 Å². The number of amides is 1. The van der Waals surface area contributed by atoms with E-state index in [1.807, 2.05) is 30.3 Å². The van der Waals surface area contributed by atoms with Crippen LogP contribution in [0.4, 0.5) is 5.69 Å². The monoisotopic (exact) mass is 370 g/mol. The second kappa shape index (κ2) is 8.47. The van der Waals surface area contributed by atoms with Crippen LogP contribution in [-0.4, -0.2) is 29.7 Å². The van der Waals surface area contributed by atoms with Gasteiger partial charge in [0.2, 0.25) is 5.91 Å². The first-order chi connectivity index (χ1) is 12.5. The van der Waals surface area contributed by atoms with Gasteiger partial charge in [-0.25, -0.2) is 0 Å². The lowest BCUT2D eigenvalue weighted by Crippen LogP contribution is -2.40. The highest BCUT2D eigenvalue weighted by Crippen LogP contribution is 2.23. The molecular formula is C21H23ClN2O2. The molecule has 2 aromatic rings. The molecule has 2 aromatic carbocycles. The van der Waals surface area contributed by atoms with Crippen LogP contribution in [-0.2, 0) is 11.3 Å². The van der Waals surface area contributed by atoms with Gasteiger partial charge in [-0.05, 0) is 50.1 Å². The minimum Gasteiger partial charge on any atom is -0.326 e. The van der Waals surface area contributed by atoms with E-state index in [0.717, 1.165) is 36.5 Å². The Bertz CT molecular complexity index is 806. The molecule has 0 aromatic heterocycles. The van der Waals surface area contributed by atoms with Crippen molar-refractivity contribution in [3.05, 3.63) is 64.7 Å². The van der Waals surface area contributed by atoms with Gasteiger partial charge in [0.1, 0.15) is 0 Å². The van der Waals surface area contributed by atoms with Gasteiger partial charge >= 0.3 is 0 Å². The molecule has 0 spiro atoms. The van der Waals surface area contributed by atoms with E-state index in [2.05, 4.69) is 10.2 Å². The maximum atomic E-state index is 12.7. The van der Waals surface area contributed by atoms with Gasteiger partial charge in [0.25, 0.3) is 0 Å². The van der Waals surface area contributed by atoms with Crippen molar-refractivity contribution in [3.63, 3.8) is 0 Å². The van der Waals surface area contributed by atoms with E-state index in [4.69, 9.17) is 11.6 Å². The average Bonchev–Trinajstić information content (AvgIpc) is 2.64. The molecule has 4 nitrogen and oxygen atoms in total. The Balaban J connectivity index is 1.62. The summed E-state index contributed by atoms with van der Waals surface area (Å²) in [7, 11) is 0. The highest BCUT2D eigenvalue weighted by Gasteiger charge is 2.26. The molecule has 1 fully saturated rings. The number of anilines is 1. The van der Waals surface area contributed by atoms with Gasteiger partial charge in [0.05, 0.1) is 5.92 Å². The summed E-state index contributed by atoms with van der Waals surface area (Å²) < 4.78 is 0. The fraction of sp³-hybridized carbons (Fsp3) is 0.333. The summed E-state index contributed by atoms with van der Waals surface area (Å²) in [6, 6.07) is 14.9. The van der Waals surface area contributed by atoms with Gasteiger partial charge in [-0.15, -0.1) is 0 Å². The van der Waals surface area contributed by atoms with Crippen LogP contribution >= 0.6 is 11.6 Å². The lowest BCUT2D eigenvalue weighted by atomic mass is 9.96. The minimum absolute atomic E-state index is 0.00885. The van der Waals surface area contributed by atoms with Crippen molar-refractivity contribution < 1.29 is 9.59 Å². The van der Waals surface area contributed by atoms with Crippen molar-refractivity contribution in [3.8, 4) is 0 Å². The number of hydrogen-bond donors (Lipinski definition) is 1. The summed E-state index contributed by atoms with van der Waals surface area (Å²) in [5, 5.41) is 3.72. The van der Waals surface area contributed by atoms with Gasteiger partial charge in [-0.1, -0.05) is 41.9 Å². The summed E-state index contributed by atoms with van der Waals surface area (Å²) >= 11 is 6.26. The Labute approximate surface area is 159 Å². The second-order valence-electron chi connectivity index (χ2n) is 6.79. The zero-order valence-electron chi connectivity index (χ0n) is 14.9. The Morgan fingerprint density at radius 3 is 2.77 bits per heavy atom. The number of nitrogens with zero attached hydrogens (tertiary/aromatic N) is 1. The zero-order chi connectivity index (χ0) is 18.5. The number of nitrogens with one attached hydrogen (secondary N) is 1. The van der Waals surface area contributed by atoms with Crippen LogP contribution in [0.3, 0.4) is 0 Å². The Morgan fingerprint density at radius 1 is 1.19 bits per heavy atom. The maximum absolute atomic E-state index is 12.7. The molecular weight excluding hydrogens is 348 g/mol. The van der Waals surface area contributed by atoms with Crippen LogP contribution < -0.4 is 5.32 Å². The van der Waals surface area contributed by atoms with E-state index in [0.29, 0.717) is 17.8 Å². The predicted molar refractivity (Wildman–Crippen MR) is 105 cm³/mol. The van der Waals surface area contributed by atoms with Crippen LogP contribution in [0, 0.1) is 5.92 Å². The number of Topliss-reactive ketones (excluding diaryl/α,β-unsaturated/α-hetero) is 1. The Hall–Kier alpha value is -2.17. The molecule has 136 valence electrons. The van der Waals surface area contributed by atoms with Crippen molar-refractivity contribution in [1.82, 2.24) is 4.90 Å². The first-order valence-corrected chi connectivity index (χ1v) is 9.28. The largest absolute Gasteiger partial charge is 0.326 e. The molecule has 5 heteroatoms. The van der Waals surface area contributed by atoms with Gasteiger partial charge < -0.3 is 5.32 Å². The number of likely N-dealkylation sites (tertiary alicyclic amines) is 1. The van der Waals surface area contributed by atoms with E-state index in [1.54, 1.807) is 18.2 Å². The van der Waals surface area contributed by atoms with Gasteiger partial charge in [0.15, 0.2) is 5.78 Å². The number of benzene rings is 2. The van der Waals surface area contributed by atoms with E-state index in [9.17, 15) is 9.59 Å². The lowest BCUT2D eigenvalue weighted by molar-refractivity contribution is -0.121. The van der Waals surface area contributed by atoms with Gasteiger partial charge in [-0.2, -0.15) is 0 Å². The van der Waals surface area contributed by atoms with Crippen LogP contribution in [0.1, 0.15) is 35.7 Å². The smallest absolute Gasteiger partial charge is 0.228 e. The molecule has 0 saturated carbocycles. The molecule has 1 aliphatic heterocycles. The molecule has 3 rings (SSSR count). The second-order valence-corrected chi connectivity index (χ2v) is 7.20. The summed E-state index contributed by atoms with van der Waals surface area (Å²) in [5.41, 5.74) is 2.36. The SMILES string of the molecule is CC(=O)c1cccc(NC(=O)C2CCCN(Cc3ccccc3Cl)C2)c1. The number of ketones is 1. The normalized spacial score (nSPS) is 17.7. The summed E-state index contributed by atoms with van der Waals surface area (Å²) in [4.78, 5) is 26.4. The molecule has 26 heavy (non-hydrogen) atoms. The first kappa shape index (κ1) is 18.6. The Kier molecular flexibility index (Phi) is 6.07. The van der Waals surface area contributed by atoms with Crippen molar-refractivity contribution in [2.45, 2.75) is 26.3 Å². The summed E-state index contributed by atoms with van der Waals surface area (Å²) in [6.45, 7) is 3.95. The van der Waals surface area contributed by atoms with Crippen LogP contribution in [0.2, 0.25) is 5.02 Å². The lowest BCUT2D eigenvalue weighted by Gasteiger charge is -2.32. The minimum atomic E-state index is -0.0628. The van der Waals surface area contributed by atoms with Crippen molar-refractivity contribution in [2.75, 3.05) is 18.4 Å². The number of halogens is 1. The maximum Gasteiger partial charge on any atom is 0.228 e. The van der Waals surface area contributed by atoms with Gasteiger partial charge in [-0.3, -0.25) is 14.5 Å². The highest BCUT2D eigenvalue weighted by molar-refractivity contribution is 6.31. The standard InChI is InChI=1S/C21H23ClN2O2/c1-15(25)16-7-4-9-19(12-16)23-21(26)18-8-5-11-24(14-18)13-17-6-2-3-10-20(17)22/h2-4,6-7,9-10,12,18H,5,8,11,13-14H2,1H3,(H,23,26). The molecule has 1 N–H and O–H groups in total. The predicted octanol–water partition coefficient (Wildman–Crippen LogP) is 4.39. The molecule has 0 aliphatic carbocycles. The van der Waals surface area contributed by atoms with E-state index in [1.165, 1.54) is 6.92 Å². The third-order valence-corrected chi connectivity index (χ3v) is 5.13. The third kappa shape index (κ3) is 4.71. The molecule has 1 unspecified atom stereocenters. The van der Waals surface area contributed by atoms with E-state index >= 15 is 0 Å². The molecule has 1 heterocycles. The number of carbonyl (C=O) groups excluding carboxylic acids is 2. The number of carbonyl (C=O) groups is 2. The fourth-order valence-corrected chi connectivity index (χ4v) is 3.54. The third-order valence-electron chi connectivity index (χ3n) is 4.76. The summed E-state index contributed by atoms with van der Waals surface area (Å²) in [5.74, 6) is -0.0635. The molecule has 1 saturated heterocycles. The van der Waals surface area contributed by atoms with Crippen molar-refractivity contribution in [2.24, 2.45) is 5.92 Å². The van der Waals surface area contributed by atoms with E-state index in [-0.39, 0.29) is 17.6 Å². The topological polar surface area (TPSA) is 49.4 Å². The van der Waals surface area contributed by atoms with Crippen molar-refractivity contribution >= 4 is 29.0 Å². The molecule has 0 bridgehead atoms. The number of rotatable bonds is 5. The summed E-state index contributed by atoms with van der Waals surface area (Å²) in [6.07, 6.45) is 1.85. The fourth-order valence-electron chi connectivity index (χ4n) is 3.34. The van der Waals surface area contributed by atoms with Crippen LogP contribution in [0.15, 0.2) is 48.5 Å². The average molecular weight is 371 g/mol. The molecule has 0 radical (unpaired) electrons.